The van der Waals surface area contributed by atoms with Gasteiger partial charge in [-0.2, -0.15) is 0 Å². The van der Waals surface area contributed by atoms with Crippen molar-refractivity contribution in [2.45, 2.75) is 17.9 Å². The number of ether oxygens (including phenoxy) is 1. The summed E-state index contributed by atoms with van der Waals surface area (Å²) in [6, 6.07) is 9.89. The number of halogens is 2. The van der Waals surface area contributed by atoms with E-state index < -0.39 is 27.8 Å². The summed E-state index contributed by atoms with van der Waals surface area (Å²) in [6.07, 6.45) is -0.0916. The molecule has 0 aliphatic rings. The van der Waals surface area contributed by atoms with Gasteiger partial charge in [0.05, 0.1) is 10.5 Å². The van der Waals surface area contributed by atoms with Gasteiger partial charge in [0.2, 0.25) is 0 Å². The number of carbonyl (C=O) groups is 2. The fourth-order valence-electron chi connectivity index (χ4n) is 2.01. The number of anilines is 1. The lowest BCUT2D eigenvalue weighted by atomic mass is 10.2. The predicted molar refractivity (Wildman–Crippen MR) is 99.5 cm³/mol. The van der Waals surface area contributed by atoms with Crippen molar-refractivity contribution in [3.8, 4) is 0 Å². The van der Waals surface area contributed by atoms with Crippen molar-refractivity contribution in [3.05, 3.63) is 58.1 Å². The largest absolute Gasteiger partial charge is 0.449 e. The van der Waals surface area contributed by atoms with E-state index in [1.165, 1.54) is 49.4 Å². The van der Waals surface area contributed by atoms with Crippen LogP contribution in [0.3, 0.4) is 0 Å². The summed E-state index contributed by atoms with van der Waals surface area (Å²) in [6.45, 7) is 1.39. The van der Waals surface area contributed by atoms with Gasteiger partial charge in [0.15, 0.2) is 15.9 Å². The van der Waals surface area contributed by atoms with Crippen LogP contribution in [-0.2, 0) is 19.4 Å². The van der Waals surface area contributed by atoms with Gasteiger partial charge in [-0.1, -0.05) is 29.3 Å². The summed E-state index contributed by atoms with van der Waals surface area (Å²) >= 11 is 11.7. The second-order valence-corrected chi connectivity index (χ2v) is 8.38. The van der Waals surface area contributed by atoms with Gasteiger partial charge in [-0.15, -0.1) is 0 Å². The summed E-state index contributed by atoms with van der Waals surface area (Å²) in [5, 5.41) is 3.22. The zero-order valence-electron chi connectivity index (χ0n) is 13.8. The molecule has 0 unspecified atom stereocenters. The first-order valence-electron chi connectivity index (χ1n) is 7.34. The molecule has 2 rings (SSSR count). The Morgan fingerprint density at radius 2 is 1.69 bits per heavy atom. The van der Waals surface area contributed by atoms with Crippen molar-refractivity contribution < 1.29 is 22.7 Å². The minimum atomic E-state index is -3.46. The second-order valence-electron chi connectivity index (χ2n) is 5.49. The Morgan fingerprint density at radius 3 is 2.27 bits per heavy atom. The van der Waals surface area contributed by atoms with Crippen LogP contribution >= 0.6 is 23.2 Å². The summed E-state index contributed by atoms with van der Waals surface area (Å²) in [4.78, 5) is 24.3. The zero-order valence-corrected chi connectivity index (χ0v) is 16.2. The van der Waals surface area contributed by atoms with Crippen molar-refractivity contribution >= 4 is 50.6 Å². The van der Waals surface area contributed by atoms with Crippen LogP contribution in [0.4, 0.5) is 5.69 Å². The molecule has 0 saturated heterocycles. The van der Waals surface area contributed by atoms with E-state index in [-0.39, 0.29) is 10.5 Å². The maximum atomic E-state index is 12.2. The van der Waals surface area contributed by atoms with Crippen molar-refractivity contribution in [1.82, 2.24) is 0 Å². The molecule has 9 heteroatoms. The molecular formula is C17H15Cl2NO5S. The van der Waals surface area contributed by atoms with Gasteiger partial charge < -0.3 is 10.1 Å². The lowest BCUT2D eigenvalue weighted by Crippen LogP contribution is -2.30. The van der Waals surface area contributed by atoms with E-state index in [4.69, 9.17) is 27.9 Å². The van der Waals surface area contributed by atoms with Gasteiger partial charge >= 0.3 is 5.97 Å². The Kier molecular flexibility index (Phi) is 6.28. The number of amides is 1. The Hall–Kier alpha value is -2.09. The lowest BCUT2D eigenvalue weighted by molar-refractivity contribution is -0.123. The van der Waals surface area contributed by atoms with Crippen LogP contribution in [0.5, 0.6) is 0 Å². The molecule has 0 saturated carbocycles. The Labute approximate surface area is 161 Å². The maximum Gasteiger partial charge on any atom is 0.338 e. The summed E-state index contributed by atoms with van der Waals surface area (Å²) < 4.78 is 28.2. The Bertz CT molecular complexity index is 939. The van der Waals surface area contributed by atoms with Crippen LogP contribution in [0.1, 0.15) is 17.3 Å². The Balaban J connectivity index is 2.07. The fraction of sp³-hybridized carbons (Fsp3) is 0.176. The van der Waals surface area contributed by atoms with E-state index in [0.717, 1.165) is 6.26 Å². The summed E-state index contributed by atoms with van der Waals surface area (Å²) in [7, 11) is -3.46. The number of hydrogen-bond acceptors (Lipinski definition) is 5. The van der Waals surface area contributed by atoms with E-state index in [2.05, 4.69) is 5.32 Å². The second kappa shape index (κ2) is 8.07. The molecule has 0 heterocycles. The van der Waals surface area contributed by atoms with Gasteiger partial charge in [0.25, 0.3) is 5.91 Å². The highest BCUT2D eigenvalue weighted by Crippen LogP contribution is 2.22. The van der Waals surface area contributed by atoms with Crippen molar-refractivity contribution in [2.75, 3.05) is 11.6 Å². The van der Waals surface area contributed by atoms with E-state index in [9.17, 15) is 18.0 Å². The molecule has 138 valence electrons. The average Bonchev–Trinajstić information content (AvgIpc) is 2.53. The van der Waals surface area contributed by atoms with Crippen LogP contribution in [0, 0.1) is 0 Å². The fourth-order valence-corrected chi connectivity index (χ4v) is 3.20. The quantitative estimate of drug-likeness (QED) is 0.753. The first kappa shape index (κ1) is 20.2. The topological polar surface area (TPSA) is 89.5 Å². The molecule has 2 aromatic rings. The molecule has 0 bridgehead atoms. The van der Waals surface area contributed by atoms with Gasteiger partial charge in [-0.25, -0.2) is 13.2 Å². The average molecular weight is 416 g/mol. The summed E-state index contributed by atoms with van der Waals surface area (Å²) in [5.41, 5.74) is 0.382. The molecule has 1 amide bonds. The highest BCUT2D eigenvalue weighted by atomic mass is 35.5. The molecule has 6 nitrogen and oxygen atoms in total. The van der Waals surface area contributed by atoms with Crippen molar-refractivity contribution in [1.29, 1.82) is 0 Å². The van der Waals surface area contributed by atoms with Crippen LogP contribution < -0.4 is 5.32 Å². The van der Waals surface area contributed by atoms with Crippen LogP contribution in [-0.4, -0.2) is 32.7 Å². The van der Waals surface area contributed by atoms with Gasteiger partial charge in [0, 0.05) is 22.0 Å². The minimum Gasteiger partial charge on any atom is -0.449 e. The number of nitrogens with one attached hydrogen (secondary N) is 1. The van der Waals surface area contributed by atoms with Crippen LogP contribution in [0.2, 0.25) is 10.0 Å². The van der Waals surface area contributed by atoms with E-state index >= 15 is 0 Å². The maximum absolute atomic E-state index is 12.2. The number of rotatable bonds is 5. The molecule has 26 heavy (non-hydrogen) atoms. The number of hydrogen-bond donors (Lipinski definition) is 1. The first-order chi connectivity index (χ1) is 12.1. The Morgan fingerprint density at radius 1 is 1.08 bits per heavy atom. The normalized spacial score (nSPS) is 12.3. The molecule has 0 spiro atoms. The number of sulfone groups is 1. The van der Waals surface area contributed by atoms with Gasteiger partial charge in [-0.05, 0) is 43.3 Å². The lowest BCUT2D eigenvalue weighted by Gasteiger charge is -2.14. The molecule has 0 aliphatic heterocycles. The molecule has 0 radical (unpaired) electrons. The number of carbonyl (C=O) groups excluding carboxylic acids is 2. The monoisotopic (exact) mass is 415 g/mol. The molecule has 2 aromatic carbocycles. The standard InChI is InChI=1S/C17H15Cl2NO5S/c1-10(16(21)20-14-8-12(18)7-13(19)9-14)25-17(22)11-4-3-5-15(6-11)26(2,23)24/h3-10H,1-2H3,(H,20,21)/t10-/m1/s1. The number of benzene rings is 2. The van der Waals surface area contributed by atoms with Crippen LogP contribution in [0.25, 0.3) is 0 Å². The predicted octanol–water partition coefficient (Wildman–Crippen LogP) is 3.58. The third-order valence-electron chi connectivity index (χ3n) is 3.28. The molecule has 1 N–H and O–H groups in total. The van der Waals surface area contributed by atoms with Crippen molar-refractivity contribution in [2.24, 2.45) is 0 Å². The highest BCUT2D eigenvalue weighted by Gasteiger charge is 2.20. The zero-order chi connectivity index (χ0) is 19.5. The van der Waals surface area contributed by atoms with E-state index in [1.807, 2.05) is 0 Å². The summed E-state index contributed by atoms with van der Waals surface area (Å²) in [5.74, 6) is -1.40. The third-order valence-corrected chi connectivity index (χ3v) is 4.83. The van der Waals surface area contributed by atoms with E-state index in [0.29, 0.717) is 15.7 Å². The molecule has 1 atom stereocenters. The molecule has 0 fully saturated rings. The minimum absolute atomic E-state index is 0.0161. The first-order valence-corrected chi connectivity index (χ1v) is 9.99. The molecular weight excluding hydrogens is 401 g/mol. The highest BCUT2D eigenvalue weighted by molar-refractivity contribution is 7.90. The third kappa shape index (κ3) is 5.45. The van der Waals surface area contributed by atoms with E-state index in [1.54, 1.807) is 0 Å². The van der Waals surface area contributed by atoms with Crippen LogP contribution in [0.15, 0.2) is 47.4 Å². The van der Waals surface area contributed by atoms with Crippen molar-refractivity contribution in [3.63, 3.8) is 0 Å². The van der Waals surface area contributed by atoms with Gasteiger partial charge in [-0.3, -0.25) is 4.79 Å². The SMILES string of the molecule is C[C@@H](OC(=O)c1cccc(S(C)(=O)=O)c1)C(=O)Nc1cc(Cl)cc(Cl)c1. The molecule has 0 aliphatic carbocycles. The molecule has 0 aromatic heterocycles. The van der Waals surface area contributed by atoms with Gasteiger partial charge in [0.1, 0.15) is 0 Å². The smallest absolute Gasteiger partial charge is 0.338 e. The number of esters is 1.